The van der Waals surface area contributed by atoms with Gasteiger partial charge in [-0.15, -0.1) is 0 Å². The molecule has 4 aliphatic rings. The van der Waals surface area contributed by atoms with E-state index in [1.165, 1.54) is 21.8 Å². The lowest BCUT2D eigenvalue weighted by Crippen LogP contribution is -2.41. The highest BCUT2D eigenvalue weighted by Crippen LogP contribution is 2.47. The summed E-state index contributed by atoms with van der Waals surface area (Å²) < 4.78 is 0. The number of imide groups is 1. The van der Waals surface area contributed by atoms with Crippen LogP contribution in [0.3, 0.4) is 0 Å². The van der Waals surface area contributed by atoms with Crippen LogP contribution in [0.25, 0.3) is 10.8 Å². The summed E-state index contributed by atoms with van der Waals surface area (Å²) in [6.45, 7) is 0.270. The van der Waals surface area contributed by atoms with Crippen molar-refractivity contribution >= 4 is 51.1 Å². The van der Waals surface area contributed by atoms with Gasteiger partial charge >= 0.3 is 0 Å². The summed E-state index contributed by atoms with van der Waals surface area (Å²) in [5.41, 5.74) is 2.35. The predicted octanol–water partition coefficient (Wildman–Crippen LogP) is 4.74. The van der Waals surface area contributed by atoms with Gasteiger partial charge in [0.1, 0.15) is 11.8 Å². The van der Waals surface area contributed by atoms with E-state index in [0.717, 1.165) is 35.1 Å². The van der Waals surface area contributed by atoms with Gasteiger partial charge in [0.05, 0.1) is 5.04 Å². The molecule has 6 nitrogen and oxygen atoms in total. The van der Waals surface area contributed by atoms with Gasteiger partial charge in [-0.2, -0.15) is 4.99 Å². The Labute approximate surface area is 189 Å². The average molecular weight is 444 g/mol. The molecule has 1 atom stereocenters. The van der Waals surface area contributed by atoms with Crippen molar-refractivity contribution in [3.05, 3.63) is 58.0 Å². The molecule has 6 rings (SSSR count). The highest BCUT2D eigenvalue weighted by Gasteiger charge is 2.40. The van der Waals surface area contributed by atoms with E-state index in [0.29, 0.717) is 29.8 Å². The van der Waals surface area contributed by atoms with Gasteiger partial charge in [-0.3, -0.25) is 19.3 Å². The number of hydrogen-bond acceptors (Lipinski definition) is 5. The molecule has 0 N–H and O–H groups in total. The summed E-state index contributed by atoms with van der Waals surface area (Å²) in [6, 6.07) is 11.1. The molecule has 2 aromatic rings. The van der Waals surface area contributed by atoms with Crippen LogP contribution in [0.2, 0.25) is 0 Å². The summed E-state index contributed by atoms with van der Waals surface area (Å²) in [4.78, 5) is 50.3. The minimum Gasteiger partial charge on any atom is -0.274 e. The molecule has 0 bridgehead atoms. The van der Waals surface area contributed by atoms with E-state index in [-0.39, 0.29) is 30.2 Å². The molecule has 0 saturated carbocycles. The summed E-state index contributed by atoms with van der Waals surface area (Å²) in [5, 5.41) is 2.49. The molecule has 32 heavy (non-hydrogen) atoms. The quantitative estimate of drug-likeness (QED) is 0.639. The fourth-order valence-corrected chi connectivity index (χ4v) is 6.50. The van der Waals surface area contributed by atoms with Gasteiger partial charge in [0, 0.05) is 29.5 Å². The SMILES string of the molecule is O=C1N=C(CCCN2C(=O)c3cccc4cccc(c34)C2=O)N=C2SC3=C(CCCC3)C12. The van der Waals surface area contributed by atoms with E-state index in [1.54, 1.807) is 23.9 Å². The molecule has 0 fully saturated rings. The zero-order chi connectivity index (χ0) is 21.8. The lowest BCUT2D eigenvalue weighted by Gasteiger charge is -2.27. The maximum absolute atomic E-state index is 13.0. The number of nitrogens with zero attached hydrogens (tertiary/aromatic N) is 3. The van der Waals surface area contributed by atoms with E-state index in [9.17, 15) is 14.4 Å². The van der Waals surface area contributed by atoms with Crippen LogP contribution in [-0.2, 0) is 4.79 Å². The molecule has 1 unspecified atom stereocenters. The second kappa shape index (κ2) is 7.52. The maximum Gasteiger partial charge on any atom is 0.261 e. The Hall–Kier alpha value is -3.06. The van der Waals surface area contributed by atoms with Gasteiger partial charge in [-0.1, -0.05) is 36.0 Å². The lowest BCUT2D eigenvalue weighted by molar-refractivity contribution is -0.118. The third-order valence-electron chi connectivity index (χ3n) is 6.64. The fraction of sp³-hybridized carbons (Fsp3) is 0.320. The molecular weight excluding hydrogens is 422 g/mol. The number of amidine groups is 1. The van der Waals surface area contributed by atoms with Gasteiger partial charge in [0.25, 0.3) is 17.7 Å². The molecule has 0 radical (unpaired) electrons. The van der Waals surface area contributed by atoms with Gasteiger partial charge in [-0.05, 0) is 60.1 Å². The molecule has 1 aliphatic carbocycles. The molecule has 2 aromatic carbocycles. The normalized spacial score (nSPS) is 22.2. The number of aliphatic imine (C=N–C) groups is 2. The van der Waals surface area contributed by atoms with Crippen molar-refractivity contribution in [1.29, 1.82) is 0 Å². The van der Waals surface area contributed by atoms with Crippen LogP contribution in [0.4, 0.5) is 0 Å². The first-order valence-corrected chi connectivity index (χ1v) is 11.9. The minimum atomic E-state index is -0.268. The summed E-state index contributed by atoms with van der Waals surface area (Å²) in [7, 11) is 0. The first-order valence-electron chi connectivity index (χ1n) is 11.1. The smallest absolute Gasteiger partial charge is 0.261 e. The van der Waals surface area contributed by atoms with Crippen LogP contribution in [0.5, 0.6) is 0 Å². The van der Waals surface area contributed by atoms with E-state index in [1.807, 2.05) is 24.3 Å². The van der Waals surface area contributed by atoms with Crippen molar-refractivity contribution in [3.8, 4) is 0 Å². The second-order valence-electron chi connectivity index (χ2n) is 8.58. The Balaban J connectivity index is 1.17. The molecule has 3 aliphatic heterocycles. The van der Waals surface area contributed by atoms with Crippen molar-refractivity contribution in [2.75, 3.05) is 6.54 Å². The van der Waals surface area contributed by atoms with Crippen molar-refractivity contribution in [2.24, 2.45) is 15.9 Å². The summed E-state index contributed by atoms with van der Waals surface area (Å²) in [5.74, 6) is -0.407. The van der Waals surface area contributed by atoms with Crippen LogP contribution >= 0.6 is 11.8 Å². The Bertz CT molecular complexity index is 1260. The first kappa shape index (κ1) is 19.6. The Morgan fingerprint density at radius 1 is 0.938 bits per heavy atom. The van der Waals surface area contributed by atoms with Crippen LogP contribution in [0.1, 0.15) is 59.2 Å². The Morgan fingerprint density at radius 3 is 2.41 bits per heavy atom. The third-order valence-corrected chi connectivity index (χ3v) is 7.89. The molecule has 3 heterocycles. The van der Waals surface area contributed by atoms with Crippen LogP contribution in [0, 0.1) is 5.92 Å². The third kappa shape index (κ3) is 2.98. The average Bonchev–Trinajstić information content (AvgIpc) is 3.18. The van der Waals surface area contributed by atoms with E-state index in [2.05, 4.69) is 9.98 Å². The predicted molar refractivity (Wildman–Crippen MR) is 125 cm³/mol. The van der Waals surface area contributed by atoms with Crippen LogP contribution in [0.15, 0.2) is 56.9 Å². The fourth-order valence-electron chi connectivity index (χ4n) is 5.13. The topological polar surface area (TPSA) is 79.2 Å². The molecule has 7 heteroatoms. The number of carbonyl (C=O) groups is 3. The molecule has 160 valence electrons. The Morgan fingerprint density at radius 2 is 1.66 bits per heavy atom. The van der Waals surface area contributed by atoms with Gasteiger partial charge in [0.2, 0.25) is 0 Å². The lowest BCUT2D eigenvalue weighted by atomic mass is 9.89. The van der Waals surface area contributed by atoms with Crippen LogP contribution < -0.4 is 0 Å². The van der Waals surface area contributed by atoms with E-state index in [4.69, 9.17) is 0 Å². The molecule has 0 spiro atoms. The van der Waals surface area contributed by atoms with Crippen molar-refractivity contribution in [3.63, 3.8) is 0 Å². The highest BCUT2D eigenvalue weighted by atomic mass is 32.2. The number of benzene rings is 2. The largest absolute Gasteiger partial charge is 0.274 e. The van der Waals surface area contributed by atoms with Crippen molar-refractivity contribution in [2.45, 2.75) is 38.5 Å². The van der Waals surface area contributed by atoms with Crippen molar-refractivity contribution in [1.82, 2.24) is 4.90 Å². The molecule has 0 aromatic heterocycles. The number of rotatable bonds is 4. The summed E-state index contributed by atoms with van der Waals surface area (Å²) in [6.07, 6.45) is 5.27. The first-order chi connectivity index (χ1) is 15.6. The van der Waals surface area contributed by atoms with E-state index >= 15 is 0 Å². The zero-order valence-electron chi connectivity index (χ0n) is 17.5. The summed E-state index contributed by atoms with van der Waals surface area (Å²) >= 11 is 1.65. The monoisotopic (exact) mass is 443 g/mol. The highest BCUT2D eigenvalue weighted by molar-refractivity contribution is 8.17. The second-order valence-corrected chi connectivity index (χ2v) is 9.70. The van der Waals surface area contributed by atoms with Crippen LogP contribution in [-0.4, -0.2) is 40.0 Å². The minimum absolute atomic E-state index is 0.116. The van der Waals surface area contributed by atoms with Gasteiger partial charge in [-0.25, -0.2) is 4.99 Å². The molecular formula is C25H21N3O3S. The number of hydrogen-bond donors (Lipinski definition) is 0. The molecule has 0 saturated heterocycles. The number of amides is 3. The Kier molecular flexibility index (Phi) is 4.61. The number of carbonyl (C=O) groups excluding carboxylic acids is 3. The van der Waals surface area contributed by atoms with Crippen molar-refractivity contribution < 1.29 is 14.4 Å². The number of thioether (sulfide) groups is 1. The van der Waals surface area contributed by atoms with E-state index < -0.39 is 0 Å². The zero-order valence-corrected chi connectivity index (χ0v) is 18.3. The van der Waals surface area contributed by atoms with Gasteiger partial charge < -0.3 is 0 Å². The standard InChI is InChI=1S/C25H21N3O3S/c29-22-21-15-8-1-2-11-18(15)32-23(21)27-19(26-22)12-5-13-28-24(30)16-9-3-6-14-7-4-10-17(20(14)16)25(28)31/h3-4,6-7,9-10,21H,1-2,5,8,11-13H2. The number of allylic oxidation sites excluding steroid dienone is 1. The van der Waals surface area contributed by atoms with Gasteiger partial charge in [0.15, 0.2) is 0 Å². The number of fused-ring (bicyclic) bond motifs is 2. The molecule has 3 amide bonds. The maximum atomic E-state index is 13.0.